The number of sulfonamides is 1. The fourth-order valence-electron chi connectivity index (χ4n) is 3.28. The molecule has 2 fully saturated rings. The zero-order valence-corrected chi connectivity index (χ0v) is 12.3. The molecule has 0 aromatic heterocycles. The fourth-order valence-corrected chi connectivity index (χ4v) is 5.17. The average molecular weight is 311 g/mol. The van der Waals surface area contributed by atoms with Gasteiger partial charge in [0.1, 0.15) is 0 Å². The number of fused-ring (bicyclic) bond motifs is 1. The molecule has 1 N–H and O–H groups in total. The number of piperidine rings is 1. The Morgan fingerprint density at radius 3 is 2.81 bits per heavy atom. The van der Waals surface area contributed by atoms with E-state index >= 15 is 0 Å². The minimum atomic E-state index is -3.84. The first-order valence-electron chi connectivity index (χ1n) is 7.00. The largest absolute Gasteiger partial charge is 0.312 e. The molecule has 0 saturated carbocycles. The maximum Gasteiger partial charge on any atom is 0.289 e. The Morgan fingerprint density at radius 2 is 2.05 bits per heavy atom. The van der Waals surface area contributed by atoms with E-state index in [-0.39, 0.29) is 22.7 Å². The van der Waals surface area contributed by atoms with Crippen LogP contribution in [0.5, 0.6) is 0 Å². The minimum absolute atomic E-state index is 0.0939. The molecule has 1 aromatic rings. The second-order valence-electron chi connectivity index (χ2n) is 5.40. The van der Waals surface area contributed by atoms with Crippen molar-refractivity contribution in [2.45, 2.75) is 36.2 Å². The highest BCUT2D eigenvalue weighted by atomic mass is 32.2. The van der Waals surface area contributed by atoms with E-state index in [4.69, 9.17) is 0 Å². The standard InChI is InChI=1S/C13H17N3O4S/c17-16(18)12-5-1-2-6-13(12)21(19,20)15-9-3-4-10-11(15)7-8-14-10/h1-2,5-6,10-11,14H,3-4,7-9H2. The molecule has 1 aromatic carbocycles. The van der Waals surface area contributed by atoms with Gasteiger partial charge in [0.15, 0.2) is 4.90 Å². The quantitative estimate of drug-likeness (QED) is 0.667. The molecule has 114 valence electrons. The lowest BCUT2D eigenvalue weighted by molar-refractivity contribution is -0.387. The van der Waals surface area contributed by atoms with E-state index in [1.54, 1.807) is 0 Å². The van der Waals surface area contributed by atoms with Crippen LogP contribution >= 0.6 is 0 Å². The molecule has 2 aliphatic heterocycles. The van der Waals surface area contributed by atoms with Crippen molar-refractivity contribution in [3.05, 3.63) is 34.4 Å². The van der Waals surface area contributed by atoms with E-state index in [9.17, 15) is 18.5 Å². The molecular formula is C13H17N3O4S. The summed E-state index contributed by atoms with van der Waals surface area (Å²) in [6.45, 7) is 1.22. The van der Waals surface area contributed by atoms with Gasteiger partial charge in [-0.15, -0.1) is 0 Å². The number of rotatable bonds is 3. The Hall–Kier alpha value is -1.51. The summed E-state index contributed by atoms with van der Waals surface area (Å²) in [5.41, 5.74) is -0.356. The molecule has 0 aliphatic carbocycles. The summed E-state index contributed by atoms with van der Waals surface area (Å²) >= 11 is 0. The van der Waals surface area contributed by atoms with Gasteiger partial charge in [-0.25, -0.2) is 8.42 Å². The van der Waals surface area contributed by atoms with Crippen LogP contribution < -0.4 is 5.32 Å². The molecule has 0 amide bonds. The highest BCUT2D eigenvalue weighted by molar-refractivity contribution is 7.89. The molecule has 2 unspecified atom stereocenters. The Morgan fingerprint density at radius 1 is 1.29 bits per heavy atom. The molecule has 2 aliphatic rings. The lowest BCUT2D eigenvalue weighted by Gasteiger charge is -2.36. The third-order valence-electron chi connectivity index (χ3n) is 4.22. The van der Waals surface area contributed by atoms with Crippen LogP contribution in [0.4, 0.5) is 5.69 Å². The summed E-state index contributed by atoms with van der Waals surface area (Å²) in [7, 11) is -3.84. The highest BCUT2D eigenvalue weighted by Gasteiger charge is 2.43. The van der Waals surface area contributed by atoms with Crippen LogP contribution in [0.3, 0.4) is 0 Å². The van der Waals surface area contributed by atoms with Gasteiger partial charge < -0.3 is 5.32 Å². The van der Waals surface area contributed by atoms with Gasteiger partial charge in [-0.1, -0.05) is 12.1 Å². The first kappa shape index (κ1) is 14.4. The normalized spacial score (nSPS) is 26.5. The Labute approximate surface area is 123 Å². The molecule has 2 heterocycles. The van der Waals surface area contributed by atoms with E-state index in [0.717, 1.165) is 25.8 Å². The third kappa shape index (κ3) is 2.43. The Kier molecular flexibility index (Phi) is 3.68. The number of hydrogen-bond acceptors (Lipinski definition) is 5. The van der Waals surface area contributed by atoms with Crippen LogP contribution in [0.1, 0.15) is 19.3 Å². The molecular weight excluding hydrogens is 294 g/mol. The van der Waals surface area contributed by atoms with Crippen LogP contribution in [-0.2, 0) is 10.0 Å². The van der Waals surface area contributed by atoms with Gasteiger partial charge in [-0.3, -0.25) is 10.1 Å². The Balaban J connectivity index is 2.02. The van der Waals surface area contributed by atoms with Gasteiger partial charge in [0, 0.05) is 24.7 Å². The van der Waals surface area contributed by atoms with Crippen LogP contribution in [-0.4, -0.2) is 42.8 Å². The van der Waals surface area contributed by atoms with E-state index in [2.05, 4.69) is 5.32 Å². The van der Waals surface area contributed by atoms with Crippen molar-refractivity contribution in [2.75, 3.05) is 13.1 Å². The second-order valence-corrected chi connectivity index (χ2v) is 7.26. The zero-order valence-electron chi connectivity index (χ0n) is 11.4. The number of hydrogen-bond donors (Lipinski definition) is 1. The summed E-state index contributed by atoms with van der Waals surface area (Å²) < 4.78 is 27.1. The van der Waals surface area contributed by atoms with Crippen molar-refractivity contribution >= 4 is 15.7 Å². The second kappa shape index (κ2) is 5.36. The number of nitro benzene ring substituents is 1. The lowest BCUT2D eigenvalue weighted by atomic mass is 10.0. The van der Waals surface area contributed by atoms with E-state index < -0.39 is 14.9 Å². The fraction of sp³-hybridized carbons (Fsp3) is 0.538. The minimum Gasteiger partial charge on any atom is -0.312 e. The predicted molar refractivity (Wildman–Crippen MR) is 76.4 cm³/mol. The monoisotopic (exact) mass is 311 g/mol. The van der Waals surface area contributed by atoms with Crippen molar-refractivity contribution in [3.8, 4) is 0 Å². The SMILES string of the molecule is O=[N+]([O-])c1ccccc1S(=O)(=O)N1CCCC2NCCC21. The molecule has 2 atom stereocenters. The van der Waals surface area contributed by atoms with Crippen molar-refractivity contribution in [1.29, 1.82) is 0 Å². The average Bonchev–Trinajstić information content (AvgIpc) is 2.95. The van der Waals surface area contributed by atoms with Gasteiger partial charge in [-0.05, 0) is 31.9 Å². The first-order chi connectivity index (χ1) is 10.0. The third-order valence-corrected chi connectivity index (χ3v) is 6.20. The van der Waals surface area contributed by atoms with E-state index in [1.165, 1.54) is 28.6 Å². The van der Waals surface area contributed by atoms with Gasteiger partial charge in [0.2, 0.25) is 10.0 Å². The van der Waals surface area contributed by atoms with Crippen LogP contribution in [0, 0.1) is 10.1 Å². The molecule has 3 rings (SSSR count). The smallest absolute Gasteiger partial charge is 0.289 e. The first-order valence-corrected chi connectivity index (χ1v) is 8.44. The number of nitrogens with one attached hydrogen (secondary N) is 1. The number of nitrogens with zero attached hydrogens (tertiary/aromatic N) is 2. The summed E-state index contributed by atoms with van der Waals surface area (Å²) in [6.07, 6.45) is 2.48. The van der Waals surface area contributed by atoms with Crippen molar-refractivity contribution in [3.63, 3.8) is 0 Å². The molecule has 0 bridgehead atoms. The maximum absolute atomic E-state index is 12.8. The van der Waals surface area contributed by atoms with Crippen LogP contribution in [0.25, 0.3) is 0 Å². The van der Waals surface area contributed by atoms with Crippen molar-refractivity contribution < 1.29 is 13.3 Å². The summed E-state index contributed by atoms with van der Waals surface area (Å²) in [6, 6.07) is 5.63. The van der Waals surface area contributed by atoms with E-state index in [0.29, 0.717) is 6.54 Å². The van der Waals surface area contributed by atoms with Gasteiger partial charge in [0.25, 0.3) is 5.69 Å². The number of para-hydroxylation sites is 1. The van der Waals surface area contributed by atoms with Crippen LogP contribution in [0.2, 0.25) is 0 Å². The maximum atomic E-state index is 12.8. The number of nitro groups is 1. The molecule has 0 spiro atoms. The van der Waals surface area contributed by atoms with Crippen LogP contribution in [0.15, 0.2) is 29.2 Å². The van der Waals surface area contributed by atoms with Crippen molar-refractivity contribution in [2.24, 2.45) is 0 Å². The van der Waals surface area contributed by atoms with E-state index in [1.807, 2.05) is 0 Å². The Bertz CT molecular complexity index is 661. The molecule has 2 saturated heterocycles. The molecule has 0 radical (unpaired) electrons. The summed E-state index contributed by atoms with van der Waals surface area (Å²) in [4.78, 5) is 10.2. The lowest BCUT2D eigenvalue weighted by Crippen LogP contribution is -2.50. The predicted octanol–water partition coefficient (Wildman–Crippen LogP) is 1.11. The van der Waals surface area contributed by atoms with Gasteiger partial charge in [0.05, 0.1) is 4.92 Å². The van der Waals surface area contributed by atoms with Gasteiger partial charge >= 0.3 is 0 Å². The molecule has 21 heavy (non-hydrogen) atoms. The topological polar surface area (TPSA) is 92.5 Å². The molecule has 8 heteroatoms. The molecule has 7 nitrogen and oxygen atoms in total. The number of benzene rings is 1. The van der Waals surface area contributed by atoms with Gasteiger partial charge in [-0.2, -0.15) is 4.31 Å². The zero-order chi connectivity index (χ0) is 15.0. The highest BCUT2D eigenvalue weighted by Crippen LogP contribution is 2.33. The summed E-state index contributed by atoms with van der Waals surface area (Å²) in [5.74, 6) is 0. The summed E-state index contributed by atoms with van der Waals surface area (Å²) in [5, 5.41) is 14.4. The van der Waals surface area contributed by atoms with Crippen molar-refractivity contribution in [1.82, 2.24) is 9.62 Å².